The summed E-state index contributed by atoms with van der Waals surface area (Å²) >= 11 is 0. The van der Waals surface area contributed by atoms with Crippen molar-refractivity contribution in [2.75, 3.05) is 39.8 Å². The van der Waals surface area contributed by atoms with Crippen LogP contribution in [0.5, 0.6) is 0 Å². The summed E-state index contributed by atoms with van der Waals surface area (Å²) in [6.45, 7) is 2.11. The van der Waals surface area contributed by atoms with Gasteiger partial charge in [0.05, 0.1) is 12.3 Å². The van der Waals surface area contributed by atoms with Crippen molar-refractivity contribution in [1.29, 1.82) is 0 Å². The second-order valence-corrected chi connectivity index (χ2v) is 9.23. The van der Waals surface area contributed by atoms with E-state index in [9.17, 15) is 17.6 Å². The highest BCUT2D eigenvalue weighted by atomic mass is 32.2. The molecule has 8 heteroatoms. The number of hydrogen-bond donors (Lipinski definition) is 0. The molecular weight excluding hydrogens is 393 g/mol. The van der Waals surface area contributed by atoms with E-state index in [4.69, 9.17) is 0 Å². The molecule has 156 valence electrons. The van der Waals surface area contributed by atoms with Crippen molar-refractivity contribution < 1.29 is 17.6 Å². The average molecular weight is 420 g/mol. The normalized spacial score (nSPS) is 15.9. The molecule has 0 aromatic heterocycles. The van der Waals surface area contributed by atoms with Crippen LogP contribution in [0.25, 0.3) is 0 Å². The Kier molecular flexibility index (Phi) is 7.00. The Labute approximate surface area is 171 Å². The fourth-order valence-corrected chi connectivity index (χ4v) is 4.84. The highest BCUT2D eigenvalue weighted by Gasteiger charge is 2.28. The van der Waals surface area contributed by atoms with Gasteiger partial charge in [-0.2, -0.15) is 4.31 Å². The van der Waals surface area contributed by atoms with Crippen molar-refractivity contribution in [3.8, 4) is 0 Å². The van der Waals surface area contributed by atoms with Crippen LogP contribution in [0.3, 0.4) is 0 Å². The molecule has 0 radical (unpaired) electrons. The SMILES string of the molecule is CN(Cc1ccccc1F)C(=O)CN1CCN(S(=O)(=O)Cc2ccccc2)CC1. The summed E-state index contributed by atoms with van der Waals surface area (Å²) in [5.74, 6) is -0.462. The molecule has 2 aromatic carbocycles. The van der Waals surface area contributed by atoms with Crippen LogP contribution in [0.15, 0.2) is 54.6 Å². The molecule has 0 saturated carbocycles. The van der Waals surface area contributed by atoms with Crippen LogP contribution in [0, 0.1) is 5.82 Å². The van der Waals surface area contributed by atoms with Crippen LogP contribution in [0.2, 0.25) is 0 Å². The first-order chi connectivity index (χ1) is 13.8. The van der Waals surface area contributed by atoms with E-state index in [2.05, 4.69) is 0 Å². The van der Waals surface area contributed by atoms with Crippen LogP contribution >= 0.6 is 0 Å². The third-order valence-corrected chi connectivity index (χ3v) is 6.92. The van der Waals surface area contributed by atoms with Crippen LogP contribution in [-0.4, -0.2) is 68.2 Å². The minimum atomic E-state index is -3.38. The van der Waals surface area contributed by atoms with Gasteiger partial charge >= 0.3 is 0 Å². The van der Waals surface area contributed by atoms with E-state index >= 15 is 0 Å². The predicted molar refractivity (Wildman–Crippen MR) is 110 cm³/mol. The van der Waals surface area contributed by atoms with Gasteiger partial charge in [0.15, 0.2) is 0 Å². The molecule has 0 bridgehead atoms. The maximum atomic E-state index is 13.8. The average Bonchev–Trinajstić information content (AvgIpc) is 2.70. The second kappa shape index (κ2) is 9.47. The molecule has 0 N–H and O–H groups in total. The summed E-state index contributed by atoms with van der Waals surface area (Å²) in [6, 6.07) is 15.5. The molecule has 1 heterocycles. The number of carbonyl (C=O) groups excluding carboxylic acids is 1. The van der Waals surface area contributed by atoms with Gasteiger partial charge in [-0.15, -0.1) is 0 Å². The second-order valence-electron chi connectivity index (χ2n) is 7.26. The molecule has 0 atom stereocenters. The number of hydrogen-bond acceptors (Lipinski definition) is 4. The lowest BCUT2D eigenvalue weighted by Gasteiger charge is -2.34. The minimum absolute atomic E-state index is 0.0157. The van der Waals surface area contributed by atoms with Crippen LogP contribution < -0.4 is 0 Å². The van der Waals surface area contributed by atoms with E-state index in [0.29, 0.717) is 31.7 Å². The lowest BCUT2D eigenvalue weighted by atomic mass is 10.2. The summed E-state index contributed by atoms with van der Waals surface area (Å²) in [5, 5.41) is 0. The monoisotopic (exact) mass is 419 g/mol. The fraction of sp³-hybridized carbons (Fsp3) is 0.381. The first-order valence-corrected chi connectivity index (χ1v) is 11.2. The highest BCUT2D eigenvalue weighted by Crippen LogP contribution is 2.14. The molecule has 6 nitrogen and oxygen atoms in total. The van der Waals surface area contributed by atoms with Crippen LogP contribution in [0.4, 0.5) is 4.39 Å². The Morgan fingerprint density at radius 2 is 1.62 bits per heavy atom. The number of halogens is 1. The van der Waals surface area contributed by atoms with Gasteiger partial charge < -0.3 is 4.90 Å². The zero-order valence-electron chi connectivity index (χ0n) is 16.5. The number of benzene rings is 2. The van der Waals surface area contributed by atoms with E-state index in [1.165, 1.54) is 15.3 Å². The quantitative estimate of drug-likeness (QED) is 0.688. The Hall–Kier alpha value is -2.29. The summed E-state index contributed by atoms with van der Waals surface area (Å²) in [4.78, 5) is 15.9. The van der Waals surface area contributed by atoms with Gasteiger partial charge in [-0.05, 0) is 11.6 Å². The Balaban J connectivity index is 1.49. The number of amides is 1. The van der Waals surface area contributed by atoms with E-state index in [1.807, 2.05) is 23.1 Å². The molecule has 3 rings (SSSR count). The molecule has 29 heavy (non-hydrogen) atoms. The molecule has 1 amide bonds. The number of rotatable bonds is 7. The molecule has 0 spiro atoms. The molecule has 1 aliphatic rings. The van der Waals surface area contributed by atoms with E-state index < -0.39 is 10.0 Å². The summed E-state index contributed by atoms with van der Waals surface area (Å²) in [7, 11) is -1.73. The standard InChI is InChI=1S/C21H26FN3O3S/c1-23(15-19-9-5-6-10-20(19)22)21(26)16-24-11-13-25(14-12-24)29(27,28)17-18-7-3-2-4-8-18/h2-10H,11-17H2,1H3. The first-order valence-electron chi connectivity index (χ1n) is 9.56. The Morgan fingerprint density at radius 1 is 1.00 bits per heavy atom. The van der Waals surface area contributed by atoms with Crippen molar-refractivity contribution in [3.63, 3.8) is 0 Å². The van der Waals surface area contributed by atoms with E-state index in [-0.39, 0.29) is 30.6 Å². The van der Waals surface area contributed by atoms with Crippen molar-refractivity contribution in [1.82, 2.24) is 14.1 Å². The van der Waals surface area contributed by atoms with Gasteiger partial charge in [0.2, 0.25) is 15.9 Å². The zero-order chi connectivity index (χ0) is 20.9. The third-order valence-electron chi connectivity index (χ3n) is 5.07. The van der Waals surface area contributed by atoms with Crippen molar-refractivity contribution in [2.45, 2.75) is 12.3 Å². The van der Waals surface area contributed by atoms with Crippen LogP contribution in [-0.2, 0) is 27.1 Å². The van der Waals surface area contributed by atoms with Gasteiger partial charge in [-0.25, -0.2) is 12.8 Å². The summed E-state index contributed by atoms with van der Waals surface area (Å²) < 4.78 is 40.5. The number of sulfonamides is 1. The maximum Gasteiger partial charge on any atom is 0.236 e. The van der Waals surface area contributed by atoms with Crippen molar-refractivity contribution in [3.05, 3.63) is 71.5 Å². The predicted octanol–water partition coefficient (Wildman–Crippen LogP) is 1.93. The fourth-order valence-electron chi connectivity index (χ4n) is 3.32. The molecule has 2 aromatic rings. The molecule has 0 unspecified atom stereocenters. The molecule has 1 aliphatic heterocycles. The topological polar surface area (TPSA) is 60.9 Å². The van der Waals surface area contributed by atoms with Gasteiger partial charge in [0.1, 0.15) is 5.82 Å². The molecule has 1 fully saturated rings. The maximum absolute atomic E-state index is 13.8. The zero-order valence-corrected chi connectivity index (χ0v) is 17.3. The number of likely N-dealkylation sites (N-methyl/N-ethyl adjacent to an activating group) is 1. The molecular formula is C21H26FN3O3S. The van der Waals surface area contributed by atoms with Crippen molar-refractivity contribution in [2.24, 2.45) is 0 Å². The van der Waals surface area contributed by atoms with E-state index in [0.717, 1.165) is 5.56 Å². The molecule has 1 saturated heterocycles. The van der Waals surface area contributed by atoms with Gasteiger partial charge in [-0.1, -0.05) is 48.5 Å². The van der Waals surface area contributed by atoms with Gasteiger partial charge in [-0.3, -0.25) is 9.69 Å². The molecule has 0 aliphatic carbocycles. The minimum Gasteiger partial charge on any atom is -0.340 e. The lowest BCUT2D eigenvalue weighted by Crippen LogP contribution is -2.51. The number of nitrogens with zero attached hydrogens (tertiary/aromatic N) is 3. The van der Waals surface area contributed by atoms with E-state index in [1.54, 1.807) is 37.4 Å². The highest BCUT2D eigenvalue weighted by molar-refractivity contribution is 7.88. The largest absolute Gasteiger partial charge is 0.340 e. The number of carbonyl (C=O) groups is 1. The first kappa shape index (κ1) is 21.4. The van der Waals surface area contributed by atoms with Crippen LogP contribution in [0.1, 0.15) is 11.1 Å². The lowest BCUT2D eigenvalue weighted by molar-refractivity contribution is -0.131. The Bertz CT molecular complexity index is 929. The number of piperazine rings is 1. The third kappa shape index (κ3) is 5.85. The van der Waals surface area contributed by atoms with Gasteiger partial charge in [0, 0.05) is 45.3 Å². The van der Waals surface area contributed by atoms with Crippen molar-refractivity contribution >= 4 is 15.9 Å². The van der Waals surface area contributed by atoms with Gasteiger partial charge in [0.25, 0.3) is 0 Å². The Morgan fingerprint density at radius 3 is 2.28 bits per heavy atom. The smallest absolute Gasteiger partial charge is 0.236 e. The summed E-state index contributed by atoms with van der Waals surface area (Å²) in [5.41, 5.74) is 1.24. The summed E-state index contributed by atoms with van der Waals surface area (Å²) in [6.07, 6.45) is 0.